The minimum Gasteiger partial charge on any atom is -0.332 e. The van der Waals surface area contributed by atoms with Gasteiger partial charge in [0.15, 0.2) is 11.5 Å². The number of nitrogens with zero attached hydrogens (tertiary/aromatic N) is 5. The van der Waals surface area contributed by atoms with Gasteiger partial charge >= 0.3 is 0 Å². The quantitative estimate of drug-likeness (QED) is 0.718. The normalized spacial score (nSPS) is 13.3. The number of hydrogen-bond acceptors (Lipinski definition) is 5. The summed E-state index contributed by atoms with van der Waals surface area (Å²) >= 11 is 0. The van der Waals surface area contributed by atoms with Gasteiger partial charge in [0.25, 0.3) is 11.8 Å². The molecule has 2 aromatic heterocycles. The predicted octanol–water partition coefficient (Wildman–Crippen LogP) is 2.47. The summed E-state index contributed by atoms with van der Waals surface area (Å²) in [6, 6.07) is 2.84. The number of halogens is 2. The van der Waals surface area contributed by atoms with E-state index < -0.39 is 17.5 Å². The van der Waals surface area contributed by atoms with Crippen LogP contribution in [0.4, 0.5) is 8.78 Å². The zero-order valence-corrected chi connectivity index (χ0v) is 14.2. The first-order valence-corrected chi connectivity index (χ1v) is 8.10. The first-order chi connectivity index (χ1) is 12.5. The molecule has 0 saturated heterocycles. The van der Waals surface area contributed by atoms with E-state index in [1.807, 2.05) is 6.92 Å². The topological polar surface area (TPSA) is 77.0 Å². The minimum absolute atomic E-state index is 0.205. The molecular formula is C17H15F2N5O2. The Bertz CT molecular complexity index is 1010. The molecule has 0 saturated carbocycles. The number of aryl methyl sites for hydroxylation is 2. The average molecular weight is 359 g/mol. The molecule has 3 aromatic rings. The fourth-order valence-electron chi connectivity index (χ4n) is 3.04. The van der Waals surface area contributed by atoms with E-state index in [-0.39, 0.29) is 24.5 Å². The van der Waals surface area contributed by atoms with Crippen molar-refractivity contribution in [2.24, 2.45) is 7.05 Å². The van der Waals surface area contributed by atoms with Crippen molar-refractivity contribution in [2.75, 3.05) is 0 Å². The molecule has 0 atom stereocenters. The number of rotatable bonds is 3. The van der Waals surface area contributed by atoms with E-state index in [2.05, 4.69) is 15.2 Å². The van der Waals surface area contributed by atoms with E-state index >= 15 is 0 Å². The van der Waals surface area contributed by atoms with Crippen LogP contribution in [0.1, 0.15) is 34.4 Å². The monoisotopic (exact) mass is 359 g/mol. The second-order valence-corrected chi connectivity index (χ2v) is 6.05. The molecule has 0 fully saturated rings. The Morgan fingerprint density at radius 3 is 2.85 bits per heavy atom. The Kier molecular flexibility index (Phi) is 3.78. The molecule has 1 aliphatic heterocycles. The molecule has 0 bridgehead atoms. The van der Waals surface area contributed by atoms with Crippen molar-refractivity contribution in [2.45, 2.75) is 26.4 Å². The second-order valence-electron chi connectivity index (χ2n) is 6.05. The summed E-state index contributed by atoms with van der Waals surface area (Å²) in [6.45, 7) is 2.35. The van der Waals surface area contributed by atoms with E-state index in [9.17, 15) is 13.6 Å². The van der Waals surface area contributed by atoms with Gasteiger partial charge in [-0.1, -0.05) is 12.1 Å². The molecule has 7 nitrogen and oxygen atoms in total. The Balaban J connectivity index is 1.66. The molecule has 4 rings (SSSR count). The number of aromatic nitrogens is 4. The minimum atomic E-state index is -0.754. The number of carbonyl (C=O) groups excluding carboxylic acids is 1. The fraction of sp³-hybridized carbons (Fsp3) is 0.294. The van der Waals surface area contributed by atoms with Gasteiger partial charge < -0.3 is 9.42 Å². The molecule has 0 aliphatic carbocycles. The largest absolute Gasteiger partial charge is 0.332 e. The van der Waals surface area contributed by atoms with Gasteiger partial charge in [-0.2, -0.15) is 10.1 Å². The number of fused-ring (bicyclic) bond motifs is 1. The smallest absolute Gasteiger partial charge is 0.278 e. The van der Waals surface area contributed by atoms with Gasteiger partial charge in [0, 0.05) is 19.0 Å². The first kappa shape index (κ1) is 16.4. The third-order valence-corrected chi connectivity index (χ3v) is 4.40. The van der Waals surface area contributed by atoms with Crippen molar-refractivity contribution < 1.29 is 18.1 Å². The van der Waals surface area contributed by atoms with Crippen molar-refractivity contribution in [1.29, 1.82) is 0 Å². The van der Waals surface area contributed by atoms with E-state index in [4.69, 9.17) is 4.52 Å². The highest BCUT2D eigenvalue weighted by Gasteiger charge is 2.33. The summed E-state index contributed by atoms with van der Waals surface area (Å²) in [4.78, 5) is 18.3. The summed E-state index contributed by atoms with van der Waals surface area (Å²) in [7, 11) is 1.75. The zero-order valence-electron chi connectivity index (χ0n) is 14.2. The van der Waals surface area contributed by atoms with Crippen LogP contribution in [0.3, 0.4) is 0 Å². The van der Waals surface area contributed by atoms with Gasteiger partial charge in [-0.05, 0) is 18.2 Å². The highest BCUT2D eigenvalue weighted by molar-refractivity contribution is 5.95. The van der Waals surface area contributed by atoms with E-state index in [0.29, 0.717) is 17.9 Å². The lowest BCUT2D eigenvalue weighted by molar-refractivity contribution is 0.0743. The molecule has 1 amide bonds. The van der Waals surface area contributed by atoms with E-state index in [1.54, 1.807) is 11.7 Å². The van der Waals surface area contributed by atoms with Crippen molar-refractivity contribution in [3.8, 4) is 11.6 Å². The molecule has 0 unspecified atom stereocenters. The van der Waals surface area contributed by atoms with Crippen LogP contribution >= 0.6 is 0 Å². The van der Waals surface area contributed by atoms with Crippen LogP contribution in [-0.2, 0) is 26.6 Å². The van der Waals surface area contributed by atoms with Crippen molar-refractivity contribution in [3.63, 3.8) is 0 Å². The lowest BCUT2D eigenvalue weighted by Gasteiger charge is -2.16. The molecule has 9 heteroatoms. The molecule has 1 aromatic carbocycles. The lowest BCUT2D eigenvalue weighted by Crippen LogP contribution is -2.27. The van der Waals surface area contributed by atoms with Crippen LogP contribution in [0.2, 0.25) is 0 Å². The molecule has 0 spiro atoms. The summed E-state index contributed by atoms with van der Waals surface area (Å²) < 4.78 is 34.2. The Hall–Kier alpha value is -3.10. The SMILES string of the molecule is CCc1noc(-c2nn(C)c3c2CN(C(=O)c2cc(F)ccc2F)C3)n1. The molecule has 3 heterocycles. The maximum atomic E-state index is 13.9. The maximum Gasteiger partial charge on any atom is 0.278 e. The maximum absolute atomic E-state index is 13.9. The summed E-state index contributed by atoms with van der Waals surface area (Å²) in [5.41, 5.74) is 1.77. The third kappa shape index (κ3) is 2.56. The van der Waals surface area contributed by atoms with E-state index in [0.717, 1.165) is 29.5 Å². The summed E-state index contributed by atoms with van der Waals surface area (Å²) in [6.07, 6.45) is 0.627. The number of carbonyl (C=O) groups is 1. The molecule has 134 valence electrons. The Morgan fingerprint density at radius 2 is 2.12 bits per heavy atom. The predicted molar refractivity (Wildman–Crippen MR) is 85.8 cm³/mol. The standard InChI is InChI=1S/C17H15F2N5O2/c1-3-14-20-16(26-22-14)15-11-7-24(8-13(11)23(2)21-15)17(25)10-6-9(18)4-5-12(10)19/h4-6H,3,7-8H2,1-2H3. The van der Waals surface area contributed by atoms with Gasteiger partial charge in [-0.15, -0.1) is 0 Å². The van der Waals surface area contributed by atoms with Crippen LogP contribution in [0.5, 0.6) is 0 Å². The van der Waals surface area contributed by atoms with Crippen LogP contribution < -0.4 is 0 Å². The number of hydrogen-bond donors (Lipinski definition) is 0. The van der Waals surface area contributed by atoms with E-state index in [1.165, 1.54) is 4.90 Å². The first-order valence-electron chi connectivity index (χ1n) is 8.10. The average Bonchev–Trinajstić information content (AvgIpc) is 3.33. The molecular weight excluding hydrogens is 344 g/mol. The van der Waals surface area contributed by atoms with Gasteiger partial charge in [0.05, 0.1) is 24.3 Å². The third-order valence-electron chi connectivity index (χ3n) is 4.40. The van der Waals surface area contributed by atoms with Crippen LogP contribution in [0.15, 0.2) is 22.7 Å². The summed E-state index contributed by atoms with van der Waals surface area (Å²) in [5.74, 6) is -1.15. The van der Waals surface area contributed by atoms with Gasteiger partial charge in [-0.25, -0.2) is 8.78 Å². The highest BCUT2D eigenvalue weighted by Crippen LogP contribution is 2.32. The molecule has 26 heavy (non-hydrogen) atoms. The van der Waals surface area contributed by atoms with Crippen molar-refractivity contribution >= 4 is 5.91 Å². The number of amides is 1. The van der Waals surface area contributed by atoms with Crippen molar-refractivity contribution in [1.82, 2.24) is 24.8 Å². The zero-order chi connectivity index (χ0) is 18.4. The van der Waals surface area contributed by atoms with Crippen molar-refractivity contribution in [3.05, 3.63) is 52.5 Å². The Morgan fingerprint density at radius 1 is 1.31 bits per heavy atom. The van der Waals surface area contributed by atoms with Gasteiger partial charge in [0.2, 0.25) is 0 Å². The van der Waals surface area contributed by atoms with Crippen LogP contribution in [0, 0.1) is 11.6 Å². The second kappa shape index (κ2) is 6.01. The molecule has 0 radical (unpaired) electrons. The summed E-state index contributed by atoms with van der Waals surface area (Å²) in [5, 5.41) is 8.26. The highest BCUT2D eigenvalue weighted by atomic mass is 19.1. The van der Waals surface area contributed by atoms with Gasteiger partial charge in [0.1, 0.15) is 11.6 Å². The molecule has 1 aliphatic rings. The molecule has 0 N–H and O–H groups in total. The lowest BCUT2D eigenvalue weighted by atomic mass is 10.2. The number of benzene rings is 1. The Labute approximate surface area is 147 Å². The van der Waals surface area contributed by atoms with Crippen LogP contribution in [0.25, 0.3) is 11.6 Å². The van der Waals surface area contributed by atoms with Gasteiger partial charge in [-0.3, -0.25) is 9.48 Å². The fourth-order valence-corrected chi connectivity index (χ4v) is 3.04. The van der Waals surface area contributed by atoms with Crippen LogP contribution in [-0.4, -0.2) is 30.7 Å².